The van der Waals surface area contributed by atoms with E-state index in [1.165, 1.54) is 0 Å². The quantitative estimate of drug-likeness (QED) is 0.795. The largest absolute Gasteiger partial charge is 0.477 e. The number of H-pyrrole nitrogens is 1. The van der Waals surface area contributed by atoms with Gasteiger partial charge in [0.15, 0.2) is 17.2 Å². The molecule has 1 aromatic heterocycles. The van der Waals surface area contributed by atoms with Crippen LogP contribution in [0.2, 0.25) is 0 Å². The van der Waals surface area contributed by atoms with Crippen molar-refractivity contribution in [1.82, 2.24) is 9.97 Å². The van der Waals surface area contributed by atoms with Crippen LogP contribution in [-0.4, -0.2) is 27.0 Å². The number of rotatable bonds is 3. The molecular formula is C11H6BrF2N3O3. The number of carboxylic acids is 1. The lowest BCUT2D eigenvalue weighted by atomic mass is 10.2. The molecule has 0 saturated heterocycles. The van der Waals surface area contributed by atoms with Crippen LogP contribution in [0.4, 0.5) is 14.5 Å². The van der Waals surface area contributed by atoms with E-state index in [-0.39, 0.29) is 10.2 Å². The topological polar surface area (TPSA) is 95.1 Å². The molecule has 20 heavy (non-hydrogen) atoms. The molecular weight excluding hydrogens is 340 g/mol. The van der Waals surface area contributed by atoms with Gasteiger partial charge in [0.05, 0.1) is 12.0 Å². The number of carbonyl (C=O) groups excluding carboxylic acids is 1. The van der Waals surface area contributed by atoms with Crippen molar-refractivity contribution in [2.45, 2.75) is 0 Å². The van der Waals surface area contributed by atoms with Gasteiger partial charge in [-0.3, -0.25) is 4.79 Å². The molecule has 1 amide bonds. The van der Waals surface area contributed by atoms with E-state index in [0.29, 0.717) is 6.07 Å². The number of aromatic nitrogens is 2. The first-order valence-electron chi connectivity index (χ1n) is 5.12. The minimum Gasteiger partial charge on any atom is -0.477 e. The molecule has 0 spiro atoms. The number of nitrogens with one attached hydrogen (secondary N) is 2. The van der Waals surface area contributed by atoms with Crippen molar-refractivity contribution < 1.29 is 23.5 Å². The maximum absolute atomic E-state index is 13.5. The van der Waals surface area contributed by atoms with Crippen LogP contribution in [0.1, 0.15) is 21.0 Å². The molecule has 0 fully saturated rings. The Morgan fingerprint density at radius 1 is 1.35 bits per heavy atom. The Kier molecular flexibility index (Phi) is 3.79. The summed E-state index contributed by atoms with van der Waals surface area (Å²) < 4.78 is 26.4. The molecule has 0 radical (unpaired) electrons. The van der Waals surface area contributed by atoms with Crippen LogP contribution in [0, 0.1) is 11.6 Å². The summed E-state index contributed by atoms with van der Waals surface area (Å²) in [6, 6.07) is 1.55. The van der Waals surface area contributed by atoms with Gasteiger partial charge in [-0.25, -0.2) is 18.6 Å². The molecule has 0 bridgehead atoms. The van der Waals surface area contributed by atoms with E-state index >= 15 is 0 Å². The second-order valence-corrected chi connectivity index (χ2v) is 4.48. The van der Waals surface area contributed by atoms with Crippen LogP contribution in [0.3, 0.4) is 0 Å². The van der Waals surface area contributed by atoms with E-state index in [2.05, 4.69) is 31.2 Å². The molecule has 0 saturated carbocycles. The highest BCUT2D eigenvalue weighted by molar-refractivity contribution is 9.10. The summed E-state index contributed by atoms with van der Waals surface area (Å²) >= 11 is 2.90. The lowest BCUT2D eigenvalue weighted by Crippen LogP contribution is -2.17. The summed E-state index contributed by atoms with van der Waals surface area (Å²) in [5.74, 6) is -4.14. The van der Waals surface area contributed by atoms with Gasteiger partial charge in [0, 0.05) is 10.5 Å². The molecule has 104 valence electrons. The van der Waals surface area contributed by atoms with Gasteiger partial charge in [-0.05, 0) is 22.0 Å². The number of carbonyl (C=O) groups is 2. The number of halogens is 3. The number of imidazole rings is 1. The van der Waals surface area contributed by atoms with Crippen molar-refractivity contribution in [3.63, 3.8) is 0 Å². The normalized spacial score (nSPS) is 10.3. The van der Waals surface area contributed by atoms with Gasteiger partial charge in [0.2, 0.25) is 0 Å². The number of hydrogen-bond acceptors (Lipinski definition) is 3. The van der Waals surface area contributed by atoms with Crippen LogP contribution in [0.25, 0.3) is 0 Å². The second kappa shape index (κ2) is 5.37. The summed E-state index contributed by atoms with van der Waals surface area (Å²) in [6.07, 6.45) is 1.02. The zero-order valence-corrected chi connectivity index (χ0v) is 11.2. The maximum atomic E-state index is 13.5. The van der Waals surface area contributed by atoms with Gasteiger partial charge < -0.3 is 15.4 Å². The fraction of sp³-hybridized carbons (Fsp3) is 0. The number of carboxylic acid groups (broad SMARTS) is 1. The van der Waals surface area contributed by atoms with Crippen LogP contribution in [0.5, 0.6) is 0 Å². The van der Waals surface area contributed by atoms with Gasteiger partial charge in [-0.2, -0.15) is 0 Å². The summed E-state index contributed by atoms with van der Waals surface area (Å²) in [7, 11) is 0. The molecule has 3 N–H and O–H groups in total. The summed E-state index contributed by atoms with van der Waals surface area (Å²) in [6.45, 7) is 0. The second-order valence-electron chi connectivity index (χ2n) is 3.63. The Hall–Kier alpha value is -2.29. The Morgan fingerprint density at radius 2 is 2.05 bits per heavy atom. The van der Waals surface area contributed by atoms with Gasteiger partial charge in [0.25, 0.3) is 5.91 Å². The smallest absolute Gasteiger partial charge is 0.354 e. The molecule has 0 aliphatic rings. The van der Waals surface area contributed by atoms with Crippen molar-refractivity contribution in [2.24, 2.45) is 0 Å². The highest BCUT2D eigenvalue weighted by Gasteiger charge is 2.21. The molecule has 0 aliphatic carbocycles. The highest BCUT2D eigenvalue weighted by atomic mass is 79.9. The fourth-order valence-electron chi connectivity index (χ4n) is 1.46. The van der Waals surface area contributed by atoms with Crippen molar-refractivity contribution in [1.29, 1.82) is 0 Å². The molecule has 1 aromatic carbocycles. The Balaban J connectivity index is 2.33. The third kappa shape index (κ3) is 2.67. The standard InChI is InChI=1S/C11H6BrF2N3O3/c12-5-1-4(13)2-6(14)7(5)17-10(18)8-9(11(19)20)16-3-15-8/h1-3H,(H,15,16)(H,17,18)(H,19,20). The van der Waals surface area contributed by atoms with Gasteiger partial charge in [0.1, 0.15) is 5.82 Å². The minimum atomic E-state index is -1.38. The third-order valence-corrected chi connectivity index (χ3v) is 2.94. The van der Waals surface area contributed by atoms with Crippen molar-refractivity contribution in [3.8, 4) is 0 Å². The lowest BCUT2D eigenvalue weighted by molar-refractivity contribution is 0.0686. The predicted molar refractivity (Wildman–Crippen MR) is 67.6 cm³/mol. The average molecular weight is 346 g/mol. The fourth-order valence-corrected chi connectivity index (χ4v) is 1.97. The molecule has 0 unspecified atom stereocenters. The maximum Gasteiger partial charge on any atom is 0.354 e. The average Bonchev–Trinajstić information content (AvgIpc) is 2.82. The number of nitrogens with zero attached hydrogens (tertiary/aromatic N) is 1. The van der Waals surface area contributed by atoms with E-state index in [9.17, 15) is 18.4 Å². The van der Waals surface area contributed by atoms with Crippen molar-refractivity contribution >= 4 is 33.5 Å². The molecule has 2 rings (SSSR count). The van der Waals surface area contributed by atoms with Crippen LogP contribution in [-0.2, 0) is 0 Å². The predicted octanol–water partition coefficient (Wildman–Crippen LogP) is 2.40. The Bertz CT molecular complexity index is 679. The van der Waals surface area contributed by atoms with E-state index in [1.807, 2.05) is 0 Å². The number of hydrogen-bond donors (Lipinski definition) is 3. The molecule has 9 heteroatoms. The molecule has 0 atom stereocenters. The van der Waals surface area contributed by atoms with Crippen LogP contribution < -0.4 is 5.32 Å². The third-order valence-electron chi connectivity index (χ3n) is 2.31. The Morgan fingerprint density at radius 3 is 2.65 bits per heavy atom. The first kappa shape index (κ1) is 14.1. The summed E-state index contributed by atoms with van der Waals surface area (Å²) in [4.78, 5) is 28.5. The lowest BCUT2D eigenvalue weighted by Gasteiger charge is -2.08. The van der Waals surface area contributed by atoms with E-state index in [4.69, 9.17) is 5.11 Å². The van der Waals surface area contributed by atoms with E-state index < -0.39 is 34.9 Å². The van der Waals surface area contributed by atoms with E-state index in [0.717, 1.165) is 12.4 Å². The summed E-state index contributed by atoms with van der Waals surface area (Å²) in [5, 5.41) is 11.0. The SMILES string of the molecule is O=C(Nc1c(F)cc(F)cc1Br)c1nc[nH]c1C(=O)O. The number of aromatic carboxylic acids is 1. The summed E-state index contributed by atoms with van der Waals surface area (Å²) in [5.41, 5.74) is -1.15. The van der Waals surface area contributed by atoms with Crippen LogP contribution in [0.15, 0.2) is 22.9 Å². The number of anilines is 1. The number of amides is 1. The zero-order valence-electron chi connectivity index (χ0n) is 9.58. The first-order chi connectivity index (χ1) is 9.40. The number of aromatic amines is 1. The van der Waals surface area contributed by atoms with Crippen LogP contribution >= 0.6 is 15.9 Å². The van der Waals surface area contributed by atoms with Gasteiger partial charge in [-0.1, -0.05) is 0 Å². The Labute approximate surface area is 119 Å². The highest BCUT2D eigenvalue weighted by Crippen LogP contribution is 2.27. The first-order valence-corrected chi connectivity index (χ1v) is 5.92. The van der Waals surface area contributed by atoms with Crippen molar-refractivity contribution in [3.05, 3.63) is 46.0 Å². The molecule has 1 heterocycles. The zero-order chi connectivity index (χ0) is 14.9. The van der Waals surface area contributed by atoms with Gasteiger partial charge in [-0.15, -0.1) is 0 Å². The molecule has 6 nitrogen and oxygen atoms in total. The number of benzene rings is 1. The molecule has 0 aliphatic heterocycles. The van der Waals surface area contributed by atoms with Gasteiger partial charge >= 0.3 is 5.97 Å². The molecule has 2 aromatic rings. The van der Waals surface area contributed by atoms with E-state index in [1.54, 1.807) is 0 Å². The minimum absolute atomic E-state index is 0.0178. The van der Waals surface area contributed by atoms with Crippen molar-refractivity contribution in [2.75, 3.05) is 5.32 Å². The monoisotopic (exact) mass is 345 g/mol.